The highest BCUT2D eigenvalue weighted by Gasteiger charge is 2.31. The van der Waals surface area contributed by atoms with Crippen LogP contribution in [0.1, 0.15) is 31.5 Å². The second kappa shape index (κ2) is 14.2. The zero-order valence-corrected chi connectivity index (χ0v) is 21.6. The lowest BCUT2D eigenvalue weighted by Gasteiger charge is -2.25. The van der Waals surface area contributed by atoms with Gasteiger partial charge in [0.15, 0.2) is 0 Å². The van der Waals surface area contributed by atoms with Gasteiger partial charge in [0.1, 0.15) is 23.9 Å². The Morgan fingerprint density at radius 1 is 0.973 bits per heavy atom. The van der Waals surface area contributed by atoms with E-state index < -0.39 is 47.9 Å². The Bertz CT molecular complexity index is 1050. The summed E-state index contributed by atoms with van der Waals surface area (Å²) in [4.78, 5) is 57.4. The Kier molecular flexibility index (Phi) is 11.4. The smallest absolute Gasteiger partial charge is 0.326 e. The molecule has 2 aromatic rings. The summed E-state index contributed by atoms with van der Waals surface area (Å²) in [5.41, 5.74) is 6.93. The molecule has 0 saturated carbocycles. The lowest BCUT2D eigenvalue weighted by atomic mass is 10.0. The van der Waals surface area contributed by atoms with Crippen LogP contribution in [-0.2, 0) is 32.0 Å². The number of aromatic amines is 1. The molecule has 4 unspecified atom stereocenters. The van der Waals surface area contributed by atoms with E-state index in [0.717, 1.165) is 0 Å². The Labute approximate surface area is 220 Å². The average Bonchev–Trinajstić information content (AvgIpc) is 3.36. The van der Waals surface area contributed by atoms with Gasteiger partial charge in [-0.25, -0.2) is 9.78 Å². The molecule has 0 aliphatic rings. The highest BCUT2D eigenvalue weighted by molar-refractivity contribution is 7.80. The molecule has 2 rings (SSSR count). The summed E-state index contributed by atoms with van der Waals surface area (Å²) in [6.07, 6.45) is 3.14. The highest BCUT2D eigenvalue weighted by atomic mass is 32.1. The molecule has 1 aromatic carbocycles. The van der Waals surface area contributed by atoms with Gasteiger partial charge in [0.2, 0.25) is 17.7 Å². The molecule has 0 aliphatic carbocycles. The van der Waals surface area contributed by atoms with Gasteiger partial charge in [-0.2, -0.15) is 12.6 Å². The number of nitrogens with two attached hydrogens (primary N) is 1. The van der Waals surface area contributed by atoms with Crippen molar-refractivity contribution in [2.45, 2.75) is 57.3 Å². The standard InChI is InChI=1S/C24H34N6O6S/c1-13(2)7-20(24(35)36)30-23(34)19(9-15-10-26-12-27-15)29-22(33)18(28-21(32)17(25)11-37)8-14-3-5-16(31)6-4-14/h3-6,10,12-13,17-20,31,37H,7-9,11,25H2,1-2H3,(H,26,27)(H,28,32)(H,29,33)(H,30,34)(H,35,36). The molecule has 0 aliphatic heterocycles. The van der Waals surface area contributed by atoms with Crippen LogP contribution in [0.15, 0.2) is 36.8 Å². The second-order valence-corrected chi connectivity index (χ2v) is 9.46. The topological polar surface area (TPSA) is 200 Å². The van der Waals surface area contributed by atoms with E-state index in [4.69, 9.17) is 5.73 Å². The van der Waals surface area contributed by atoms with Crippen molar-refractivity contribution < 1.29 is 29.4 Å². The number of amides is 3. The first-order chi connectivity index (χ1) is 17.5. The molecule has 4 atom stereocenters. The number of carboxylic acid groups (broad SMARTS) is 1. The predicted molar refractivity (Wildman–Crippen MR) is 139 cm³/mol. The second-order valence-electron chi connectivity index (χ2n) is 9.09. The van der Waals surface area contributed by atoms with E-state index in [1.165, 1.54) is 24.7 Å². The van der Waals surface area contributed by atoms with E-state index >= 15 is 0 Å². The number of aliphatic carboxylic acids is 1. The number of hydrogen-bond acceptors (Lipinski definition) is 8. The lowest BCUT2D eigenvalue weighted by Crippen LogP contribution is -2.58. The largest absolute Gasteiger partial charge is 0.508 e. The van der Waals surface area contributed by atoms with Crippen molar-refractivity contribution in [2.24, 2.45) is 11.7 Å². The number of rotatable bonds is 14. The first-order valence-electron chi connectivity index (χ1n) is 11.8. The summed E-state index contributed by atoms with van der Waals surface area (Å²) in [6, 6.07) is 1.69. The van der Waals surface area contributed by atoms with Crippen LogP contribution in [0.3, 0.4) is 0 Å². The van der Waals surface area contributed by atoms with E-state index in [0.29, 0.717) is 11.3 Å². The van der Waals surface area contributed by atoms with E-state index in [2.05, 4.69) is 38.5 Å². The van der Waals surface area contributed by atoms with Crippen molar-refractivity contribution in [3.8, 4) is 5.75 Å². The zero-order chi connectivity index (χ0) is 27.5. The van der Waals surface area contributed by atoms with E-state index in [1.807, 2.05) is 13.8 Å². The molecule has 0 spiro atoms. The summed E-state index contributed by atoms with van der Waals surface area (Å²) < 4.78 is 0. The van der Waals surface area contributed by atoms with Crippen LogP contribution in [0.25, 0.3) is 0 Å². The molecule has 3 amide bonds. The number of carboxylic acids is 1. The molecular weight excluding hydrogens is 500 g/mol. The number of thiol groups is 1. The Balaban J connectivity index is 2.27. The fraction of sp³-hybridized carbons (Fsp3) is 0.458. The van der Waals surface area contributed by atoms with Crippen molar-refractivity contribution in [1.82, 2.24) is 25.9 Å². The monoisotopic (exact) mass is 534 g/mol. The minimum atomic E-state index is -1.19. The first-order valence-corrected chi connectivity index (χ1v) is 12.4. The van der Waals surface area contributed by atoms with Gasteiger partial charge in [-0.3, -0.25) is 14.4 Å². The number of nitrogens with zero attached hydrogens (tertiary/aromatic N) is 1. The molecule has 0 fully saturated rings. The van der Waals surface area contributed by atoms with Crippen LogP contribution in [0.2, 0.25) is 0 Å². The van der Waals surface area contributed by atoms with Crippen molar-refractivity contribution in [1.29, 1.82) is 0 Å². The summed E-state index contributed by atoms with van der Waals surface area (Å²) in [7, 11) is 0. The van der Waals surface area contributed by atoms with E-state index in [1.54, 1.807) is 12.1 Å². The number of hydrogen-bond donors (Lipinski definition) is 8. The minimum Gasteiger partial charge on any atom is -0.508 e. The van der Waals surface area contributed by atoms with Gasteiger partial charge in [-0.1, -0.05) is 26.0 Å². The average molecular weight is 535 g/mol. The SMILES string of the molecule is CC(C)CC(NC(=O)C(Cc1cnc[nH]1)NC(=O)C(Cc1ccc(O)cc1)NC(=O)C(N)CS)C(=O)O. The first kappa shape index (κ1) is 29.6. The molecular formula is C24H34N6O6S. The quantitative estimate of drug-likeness (QED) is 0.152. The molecule has 0 bridgehead atoms. The number of aromatic nitrogens is 2. The molecule has 0 saturated heterocycles. The van der Waals surface area contributed by atoms with Crippen molar-refractivity contribution in [3.05, 3.63) is 48.0 Å². The molecule has 1 aromatic heterocycles. The molecule has 13 heteroatoms. The third kappa shape index (κ3) is 9.77. The van der Waals surface area contributed by atoms with Gasteiger partial charge >= 0.3 is 5.97 Å². The zero-order valence-electron chi connectivity index (χ0n) is 20.7. The predicted octanol–water partition coefficient (Wildman–Crippen LogP) is -0.257. The van der Waals surface area contributed by atoms with Crippen LogP contribution < -0.4 is 21.7 Å². The van der Waals surface area contributed by atoms with Gasteiger partial charge in [-0.15, -0.1) is 0 Å². The number of benzene rings is 1. The molecule has 12 nitrogen and oxygen atoms in total. The highest BCUT2D eigenvalue weighted by Crippen LogP contribution is 2.12. The number of imidazole rings is 1. The Morgan fingerprint density at radius 3 is 2.05 bits per heavy atom. The molecule has 0 radical (unpaired) electrons. The Morgan fingerprint density at radius 2 is 1.54 bits per heavy atom. The van der Waals surface area contributed by atoms with Crippen molar-refractivity contribution >= 4 is 36.3 Å². The minimum absolute atomic E-state index is 0.00161. The number of carbonyl (C=O) groups excluding carboxylic acids is 3. The van der Waals surface area contributed by atoms with Gasteiger partial charge < -0.3 is 36.9 Å². The fourth-order valence-corrected chi connectivity index (χ4v) is 3.67. The fourth-order valence-electron chi connectivity index (χ4n) is 3.50. The maximum atomic E-state index is 13.3. The van der Waals surface area contributed by atoms with Crippen LogP contribution in [0, 0.1) is 5.92 Å². The van der Waals surface area contributed by atoms with Gasteiger partial charge in [0.25, 0.3) is 0 Å². The number of H-pyrrole nitrogens is 1. The van der Waals surface area contributed by atoms with Crippen LogP contribution in [-0.4, -0.2) is 73.8 Å². The van der Waals surface area contributed by atoms with Crippen molar-refractivity contribution in [3.63, 3.8) is 0 Å². The molecule has 1 heterocycles. The van der Waals surface area contributed by atoms with Crippen LogP contribution in [0.5, 0.6) is 5.75 Å². The molecule has 37 heavy (non-hydrogen) atoms. The summed E-state index contributed by atoms with van der Waals surface area (Å²) in [6.45, 7) is 3.66. The number of carbonyl (C=O) groups is 4. The van der Waals surface area contributed by atoms with Crippen LogP contribution in [0.4, 0.5) is 0 Å². The third-order valence-electron chi connectivity index (χ3n) is 5.48. The number of phenols is 1. The molecule has 202 valence electrons. The normalized spacial score (nSPS) is 14.3. The Hall–Kier alpha value is -3.58. The maximum absolute atomic E-state index is 13.3. The molecule has 8 N–H and O–H groups in total. The van der Waals surface area contributed by atoms with Gasteiger partial charge in [0.05, 0.1) is 12.4 Å². The lowest BCUT2D eigenvalue weighted by molar-refractivity contribution is -0.142. The maximum Gasteiger partial charge on any atom is 0.326 e. The van der Waals surface area contributed by atoms with Gasteiger partial charge in [0, 0.05) is 30.5 Å². The summed E-state index contributed by atoms with van der Waals surface area (Å²) in [5, 5.41) is 26.8. The summed E-state index contributed by atoms with van der Waals surface area (Å²) >= 11 is 4.02. The number of nitrogens with one attached hydrogen (secondary N) is 4. The van der Waals surface area contributed by atoms with E-state index in [-0.39, 0.29) is 36.7 Å². The van der Waals surface area contributed by atoms with Gasteiger partial charge in [-0.05, 0) is 30.0 Å². The number of aromatic hydroxyl groups is 1. The summed E-state index contributed by atoms with van der Waals surface area (Å²) in [5.74, 6) is -3.07. The van der Waals surface area contributed by atoms with E-state index in [9.17, 15) is 29.4 Å². The number of phenolic OH excluding ortho intramolecular Hbond substituents is 1. The van der Waals surface area contributed by atoms with Crippen molar-refractivity contribution in [2.75, 3.05) is 5.75 Å². The third-order valence-corrected chi connectivity index (χ3v) is 5.87. The van der Waals surface area contributed by atoms with Crippen LogP contribution >= 0.6 is 12.6 Å².